The lowest BCUT2D eigenvalue weighted by molar-refractivity contribution is -0.144. The van der Waals surface area contributed by atoms with Gasteiger partial charge < -0.3 is 15.2 Å². The molecule has 1 aromatic carbocycles. The normalized spacial score (nSPS) is 14.2. The summed E-state index contributed by atoms with van der Waals surface area (Å²) >= 11 is 0. The van der Waals surface area contributed by atoms with E-state index in [1.165, 1.54) is 7.11 Å². The van der Waals surface area contributed by atoms with Gasteiger partial charge in [0.25, 0.3) is 5.91 Å². The Bertz CT molecular complexity index is 530. The lowest BCUT2D eigenvalue weighted by atomic mass is 10.1. The van der Waals surface area contributed by atoms with Crippen molar-refractivity contribution in [2.45, 2.75) is 18.4 Å². The number of rotatable bonds is 6. The molecule has 0 radical (unpaired) electrons. The van der Waals surface area contributed by atoms with Gasteiger partial charge in [0.1, 0.15) is 0 Å². The van der Waals surface area contributed by atoms with Crippen LogP contribution in [0.15, 0.2) is 24.3 Å². The molecule has 0 heterocycles. The molecule has 9 heteroatoms. The van der Waals surface area contributed by atoms with Crippen LogP contribution in [0.25, 0.3) is 0 Å². The molecule has 0 saturated carbocycles. The Morgan fingerprint density at radius 3 is 2.23 bits per heavy atom. The summed E-state index contributed by atoms with van der Waals surface area (Å²) in [4.78, 5) is 22.4. The van der Waals surface area contributed by atoms with Crippen molar-refractivity contribution in [2.24, 2.45) is 0 Å². The number of hydrogen-bond acceptors (Lipinski definition) is 3. The number of hydrogen-bond donors (Lipinski definition) is 2. The Balaban J connectivity index is 2.80. The molecule has 0 saturated heterocycles. The van der Waals surface area contributed by atoms with Gasteiger partial charge in [-0.1, -0.05) is 12.1 Å². The van der Waals surface area contributed by atoms with Gasteiger partial charge in [0.15, 0.2) is 6.04 Å². The van der Waals surface area contributed by atoms with Crippen LogP contribution in [-0.4, -0.2) is 36.7 Å². The number of amides is 1. The predicted molar refractivity (Wildman–Crippen MR) is 66.7 cm³/mol. The summed E-state index contributed by atoms with van der Waals surface area (Å²) in [7, 11) is 1.20. The largest absolute Gasteiger partial charge is 0.480 e. The maximum atomic E-state index is 13.9. The maximum Gasteiger partial charge on any atom is 0.416 e. The topological polar surface area (TPSA) is 75.6 Å². The first-order valence-electron chi connectivity index (χ1n) is 6.00. The van der Waals surface area contributed by atoms with Crippen LogP contribution in [-0.2, 0) is 20.5 Å². The number of methoxy groups -OCH3 is 1. The van der Waals surface area contributed by atoms with Gasteiger partial charge in [-0.3, -0.25) is 4.79 Å². The second-order valence-corrected chi connectivity index (χ2v) is 4.34. The van der Waals surface area contributed by atoms with Crippen LogP contribution in [0.1, 0.15) is 17.3 Å². The van der Waals surface area contributed by atoms with Gasteiger partial charge >= 0.3 is 12.1 Å². The molecule has 2 N–H and O–H groups in total. The lowest BCUT2D eigenvalue weighted by Crippen LogP contribution is -2.45. The molecule has 2 atom stereocenters. The van der Waals surface area contributed by atoms with Gasteiger partial charge in [0, 0.05) is 7.11 Å². The van der Waals surface area contributed by atoms with E-state index in [0.717, 1.165) is 12.1 Å². The molecule has 0 aromatic heterocycles. The zero-order chi connectivity index (χ0) is 16.9. The molecule has 1 amide bonds. The quantitative estimate of drug-likeness (QED) is 0.785. The third-order valence-electron chi connectivity index (χ3n) is 2.71. The van der Waals surface area contributed by atoms with Crippen LogP contribution in [0.2, 0.25) is 0 Å². The number of alkyl halides is 4. The minimum Gasteiger partial charge on any atom is -0.480 e. The number of halogens is 4. The zero-order valence-corrected chi connectivity index (χ0v) is 11.4. The number of carbonyl (C=O) groups excluding carboxylic acids is 1. The van der Waals surface area contributed by atoms with E-state index in [1.807, 2.05) is 5.32 Å². The Kier molecular flexibility index (Phi) is 5.86. The van der Waals surface area contributed by atoms with Crippen molar-refractivity contribution in [1.29, 1.82) is 0 Å². The molecule has 0 fully saturated rings. The molecule has 0 aliphatic heterocycles. The number of ether oxygens (including phenoxy) is 1. The highest BCUT2D eigenvalue weighted by molar-refractivity contribution is 5.87. The summed E-state index contributed by atoms with van der Waals surface area (Å²) in [5.74, 6) is -2.70. The Morgan fingerprint density at radius 1 is 1.27 bits per heavy atom. The summed E-state index contributed by atoms with van der Waals surface area (Å²) < 4.78 is 55.6. The van der Waals surface area contributed by atoms with Crippen molar-refractivity contribution in [3.63, 3.8) is 0 Å². The fraction of sp³-hybridized carbons (Fsp3) is 0.385. The fourth-order valence-corrected chi connectivity index (χ4v) is 1.58. The number of carboxylic acid groups (broad SMARTS) is 1. The second-order valence-electron chi connectivity index (χ2n) is 4.34. The minimum absolute atomic E-state index is 0.313. The van der Waals surface area contributed by atoms with Crippen molar-refractivity contribution < 1.29 is 37.0 Å². The summed E-state index contributed by atoms with van der Waals surface area (Å²) in [5.41, 5.74) is -1.29. The molecule has 0 aliphatic rings. The first-order valence-corrected chi connectivity index (χ1v) is 6.00. The molecular formula is C13H13F4NO4. The van der Waals surface area contributed by atoms with E-state index in [9.17, 15) is 27.2 Å². The maximum absolute atomic E-state index is 13.9. The first kappa shape index (κ1) is 17.9. The highest BCUT2D eigenvalue weighted by Gasteiger charge is 2.31. The van der Waals surface area contributed by atoms with Crippen LogP contribution in [0, 0.1) is 0 Å². The van der Waals surface area contributed by atoms with Crippen molar-refractivity contribution in [3.05, 3.63) is 35.4 Å². The summed E-state index contributed by atoms with van der Waals surface area (Å²) in [6.45, 7) is -0.374. The predicted octanol–water partition coefficient (Wildman–Crippen LogP) is 1.93. The van der Waals surface area contributed by atoms with Gasteiger partial charge in [-0.25, -0.2) is 9.18 Å². The molecule has 1 rings (SSSR count). The zero-order valence-electron chi connectivity index (χ0n) is 11.4. The Hall–Kier alpha value is -2.16. The Morgan fingerprint density at radius 2 is 1.82 bits per heavy atom. The van der Waals surface area contributed by atoms with Gasteiger partial charge in [-0.05, 0) is 17.7 Å². The fourth-order valence-electron chi connectivity index (χ4n) is 1.58. The van der Waals surface area contributed by atoms with E-state index in [1.54, 1.807) is 0 Å². The molecular weight excluding hydrogens is 310 g/mol. The highest BCUT2D eigenvalue weighted by atomic mass is 19.4. The van der Waals surface area contributed by atoms with Crippen LogP contribution in [0.4, 0.5) is 17.6 Å². The number of carboxylic acids is 1. The Labute approximate surface area is 122 Å². The van der Waals surface area contributed by atoms with Gasteiger partial charge in [-0.2, -0.15) is 13.2 Å². The number of carbonyl (C=O) groups is 2. The molecule has 1 aromatic rings. The molecule has 2 unspecified atom stereocenters. The minimum atomic E-state index is -4.57. The van der Waals surface area contributed by atoms with E-state index >= 15 is 0 Å². The van der Waals surface area contributed by atoms with Crippen LogP contribution in [0.3, 0.4) is 0 Å². The van der Waals surface area contributed by atoms with E-state index < -0.39 is 35.8 Å². The van der Waals surface area contributed by atoms with Crippen LogP contribution >= 0.6 is 0 Å². The first-order chi connectivity index (χ1) is 10.2. The average Bonchev–Trinajstić information content (AvgIpc) is 2.45. The molecule has 0 aliphatic carbocycles. The summed E-state index contributed by atoms with van der Waals surface area (Å²) in [6, 6.07) is 1.46. The lowest BCUT2D eigenvalue weighted by Gasteiger charge is -2.16. The number of benzene rings is 1. The van der Waals surface area contributed by atoms with Gasteiger partial charge in [-0.15, -0.1) is 0 Å². The number of nitrogens with one attached hydrogen (secondary N) is 1. The van der Waals surface area contributed by atoms with Gasteiger partial charge in [0.2, 0.25) is 6.17 Å². The molecule has 22 heavy (non-hydrogen) atoms. The van der Waals surface area contributed by atoms with E-state index in [4.69, 9.17) is 5.11 Å². The van der Waals surface area contributed by atoms with Crippen LogP contribution in [0.5, 0.6) is 0 Å². The third-order valence-corrected chi connectivity index (χ3v) is 2.71. The van der Waals surface area contributed by atoms with Crippen molar-refractivity contribution in [3.8, 4) is 0 Å². The smallest absolute Gasteiger partial charge is 0.416 e. The van der Waals surface area contributed by atoms with Crippen molar-refractivity contribution in [1.82, 2.24) is 5.32 Å². The average molecular weight is 323 g/mol. The molecule has 5 nitrogen and oxygen atoms in total. The van der Waals surface area contributed by atoms with E-state index in [-0.39, 0.29) is 12.2 Å². The third kappa shape index (κ3) is 4.69. The second kappa shape index (κ2) is 7.21. The van der Waals surface area contributed by atoms with Crippen molar-refractivity contribution >= 4 is 11.9 Å². The number of aliphatic carboxylic acids is 1. The van der Waals surface area contributed by atoms with E-state index in [0.29, 0.717) is 12.1 Å². The molecule has 122 valence electrons. The van der Waals surface area contributed by atoms with Crippen molar-refractivity contribution in [2.75, 3.05) is 13.7 Å². The van der Waals surface area contributed by atoms with Gasteiger partial charge in [0.05, 0.1) is 12.2 Å². The van der Waals surface area contributed by atoms with Crippen LogP contribution < -0.4 is 5.32 Å². The standard InChI is InChI=1S/C13H13F4NO4/c1-22-6-9(12(20)21)18-11(19)10(14)7-2-4-8(5-3-7)13(15,16)17/h2-5,9-10H,6H2,1H3,(H,18,19)(H,20,21). The molecule has 0 bridgehead atoms. The highest BCUT2D eigenvalue weighted by Crippen LogP contribution is 2.30. The summed E-state index contributed by atoms with van der Waals surface area (Å²) in [5, 5.41) is 10.7. The molecule has 0 spiro atoms. The van der Waals surface area contributed by atoms with E-state index in [2.05, 4.69) is 4.74 Å². The monoisotopic (exact) mass is 323 g/mol. The summed E-state index contributed by atoms with van der Waals surface area (Å²) in [6.07, 6.45) is -6.86. The SMILES string of the molecule is COCC(NC(=O)C(F)c1ccc(C(F)(F)F)cc1)C(=O)O.